The summed E-state index contributed by atoms with van der Waals surface area (Å²) < 4.78 is 7.10. The highest BCUT2D eigenvalue weighted by Gasteiger charge is 2.38. The number of ether oxygens (including phenoxy) is 1. The lowest BCUT2D eigenvalue weighted by Crippen LogP contribution is -2.40. The fourth-order valence-corrected chi connectivity index (χ4v) is 4.30. The zero-order valence-corrected chi connectivity index (χ0v) is 16.7. The van der Waals surface area contributed by atoms with Gasteiger partial charge in [-0.05, 0) is 43.9 Å². The second-order valence-electron chi connectivity index (χ2n) is 7.40. The molecule has 1 aromatic heterocycles. The zero-order chi connectivity index (χ0) is 20.5. The third kappa shape index (κ3) is 3.30. The third-order valence-electron chi connectivity index (χ3n) is 5.51. The predicted molar refractivity (Wildman–Crippen MR) is 111 cm³/mol. The van der Waals surface area contributed by atoms with E-state index in [1.54, 1.807) is 4.57 Å². The smallest absolute Gasteiger partial charge is 0.329 e. The maximum atomic E-state index is 12.9. The van der Waals surface area contributed by atoms with Gasteiger partial charge in [-0.1, -0.05) is 19.1 Å². The Kier molecular flexibility index (Phi) is 5.13. The number of carbonyl (C=O) groups excluding carboxylic acids is 1. The van der Waals surface area contributed by atoms with Crippen LogP contribution in [0.15, 0.2) is 45.1 Å². The predicted octanol–water partition coefficient (Wildman–Crippen LogP) is 2.91. The number of carbonyl (C=O) groups is 1. The Hall–Kier alpha value is -3.09. The van der Waals surface area contributed by atoms with Crippen LogP contribution in [0.25, 0.3) is 0 Å². The Labute approximate surface area is 168 Å². The Bertz CT molecular complexity index is 1090. The number of H-pyrrole nitrogens is 1. The van der Waals surface area contributed by atoms with Crippen molar-refractivity contribution in [3.05, 3.63) is 67.5 Å². The minimum Gasteiger partial charge on any atom is -0.494 e. The van der Waals surface area contributed by atoms with Crippen molar-refractivity contribution in [2.75, 3.05) is 11.9 Å². The summed E-state index contributed by atoms with van der Waals surface area (Å²) in [4.78, 5) is 40.7. The van der Waals surface area contributed by atoms with Crippen molar-refractivity contribution in [1.82, 2.24) is 9.55 Å². The Morgan fingerprint density at radius 2 is 1.86 bits per heavy atom. The lowest BCUT2D eigenvalue weighted by atomic mass is 9.76. The van der Waals surface area contributed by atoms with E-state index in [0.29, 0.717) is 36.5 Å². The van der Waals surface area contributed by atoms with Crippen LogP contribution in [0.1, 0.15) is 56.6 Å². The molecule has 4 rings (SSSR count). The van der Waals surface area contributed by atoms with E-state index < -0.39 is 17.2 Å². The molecule has 7 heteroatoms. The number of hydrogen-bond donors (Lipinski definition) is 2. The first-order chi connectivity index (χ1) is 14.0. The molecule has 2 aromatic rings. The van der Waals surface area contributed by atoms with Crippen molar-refractivity contribution in [3.8, 4) is 5.75 Å². The van der Waals surface area contributed by atoms with Crippen molar-refractivity contribution < 1.29 is 9.53 Å². The first kappa shape index (κ1) is 19.2. The average molecular weight is 395 g/mol. The molecule has 1 atom stereocenters. The second-order valence-corrected chi connectivity index (χ2v) is 7.40. The molecule has 2 heterocycles. The van der Waals surface area contributed by atoms with E-state index in [9.17, 15) is 14.4 Å². The summed E-state index contributed by atoms with van der Waals surface area (Å²) in [6, 6.07) is 7.49. The molecule has 2 N–H and O–H groups in total. The number of ketones is 1. The lowest BCUT2D eigenvalue weighted by Gasteiger charge is -2.34. The molecule has 0 saturated heterocycles. The Morgan fingerprint density at radius 3 is 2.55 bits per heavy atom. The lowest BCUT2D eigenvalue weighted by molar-refractivity contribution is -0.116. The van der Waals surface area contributed by atoms with Crippen LogP contribution in [0.2, 0.25) is 0 Å². The Morgan fingerprint density at radius 1 is 1.10 bits per heavy atom. The number of fused-ring (bicyclic) bond motifs is 1. The summed E-state index contributed by atoms with van der Waals surface area (Å²) in [5, 5.41) is 3.27. The minimum atomic E-state index is -0.503. The van der Waals surface area contributed by atoms with Gasteiger partial charge in [0.25, 0.3) is 5.56 Å². The van der Waals surface area contributed by atoms with Gasteiger partial charge in [-0.15, -0.1) is 0 Å². The van der Waals surface area contributed by atoms with E-state index in [1.807, 2.05) is 38.1 Å². The number of hydrogen-bond acceptors (Lipinski definition) is 5. The molecule has 2 aliphatic rings. The normalized spacial score (nSPS) is 18.1. The second kappa shape index (κ2) is 7.73. The molecule has 1 unspecified atom stereocenters. The van der Waals surface area contributed by atoms with Crippen molar-refractivity contribution in [3.63, 3.8) is 0 Å². The number of anilines is 1. The first-order valence-corrected chi connectivity index (χ1v) is 10.2. The highest BCUT2D eigenvalue weighted by molar-refractivity contribution is 6.00. The van der Waals surface area contributed by atoms with Gasteiger partial charge in [-0.25, -0.2) is 4.79 Å². The van der Waals surface area contributed by atoms with E-state index in [4.69, 9.17) is 4.74 Å². The summed E-state index contributed by atoms with van der Waals surface area (Å²) in [5.41, 5.74) is 1.85. The number of nitrogens with zero attached hydrogens (tertiary/aromatic N) is 1. The minimum absolute atomic E-state index is 0.0518. The molecule has 1 aromatic carbocycles. The quantitative estimate of drug-likeness (QED) is 0.812. The van der Waals surface area contributed by atoms with E-state index in [2.05, 4.69) is 10.3 Å². The van der Waals surface area contributed by atoms with Crippen molar-refractivity contribution in [1.29, 1.82) is 0 Å². The van der Waals surface area contributed by atoms with E-state index in [1.165, 1.54) is 0 Å². The van der Waals surface area contributed by atoms with Crippen LogP contribution in [-0.4, -0.2) is 21.9 Å². The monoisotopic (exact) mass is 395 g/mol. The van der Waals surface area contributed by atoms with E-state index >= 15 is 0 Å². The van der Waals surface area contributed by atoms with Gasteiger partial charge in [0.1, 0.15) is 11.6 Å². The molecule has 152 valence electrons. The van der Waals surface area contributed by atoms with Crippen molar-refractivity contribution in [2.24, 2.45) is 0 Å². The number of rotatable bonds is 5. The van der Waals surface area contributed by atoms with E-state index in [-0.39, 0.29) is 5.78 Å². The van der Waals surface area contributed by atoms with Gasteiger partial charge in [-0.3, -0.25) is 19.1 Å². The molecule has 0 fully saturated rings. The molecule has 7 nitrogen and oxygen atoms in total. The number of nitrogens with one attached hydrogen (secondary N) is 2. The molecule has 29 heavy (non-hydrogen) atoms. The van der Waals surface area contributed by atoms with Crippen LogP contribution in [0.3, 0.4) is 0 Å². The Balaban J connectivity index is 1.96. The van der Waals surface area contributed by atoms with Crippen LogP contribution < -0.4 is 21.3 Å². The standard InChI is InChI=1S/C22H25N3O4/c1-3-12-25-20-19(21(27)24-22(25)28)17(13-8-10-14(11-9-13)29-4-2)18-15(23-20)6-5-7-16(18)26/h8-11,17,23H,3-7,12H2,1-2H3,(H,24,27,28). The SMILES string of the molecule is CCCn1c2c(c(=O)[nH]c1=O)C(c1ccc(OCC)cc1)C1=C(CCCC1=O)N2. The maximum Gasteiger partial charge on any atom is 0.329 e. The highest BCUT2D eigenvalue weighted by Crippen LogP contribution is 2.43. The molecule has 0 amide bonds. The maximum absolute atomic E-state index is 12.9. The fourth-order valence-electron chi connectivity index (χ4n) is 4.30. The van der Waals surface area contributed by atoms with Gasteiger partial charge < -0.3 is 10.1 Å². The zero-order valence-electron chi connectivity index (χ0n) is 16.7. The molecule has 1 aliphatic heterocycles. The van der Waals surface area contributed by atoms with Crippen molar-refractivity contribution in [2.45, 2.75) is 52.0 Å². The first-order valence-electron chi connectivity index (χ1n) is 10.2. The van der Waals surface area contributed by atoms with Crippen LogP contribution >= 0.6 is 0 Å². The van der Waals surface area contributed by atoms with Gasteiger partial charge in [0.05, 0.1) is 12.2 Å². The summed E-state index contributed by atoms with van der Waals surface area (Å²) in [6.45, 7) is 4.94. The van der Waals surface area contributed by atoms with Crippen LogP contribution in [0.4, 0.5) is 5.82 Å². The van der Waals surface area contributed by atoms with Gasteiger partial charge >= 0.3 is 5.69 Å². The molecular formula is C22H25N3O4. The third-order valence-corrected chi connectivity index (χ3v) is 5.51. The van der Waals surface area contributed by atoms with E-state index in [0.717, 1.165) is 36.3 Å². The van der Waals surface area contributed by atoms with Gasteiger partial charge in [0, 0.05) is 30.2 Å². The number of Topliss-reactive ketones (excluding diaryl/α,β-unsaturated/α-hetero) is 1. The van der Waals surface area contributed by atoms with Crippen LogP contribution in [0, 0.1) is 0 Å². The van der Waals surface area contributed by atoms with Crippen LogP contribution in [-0.2, 0) is 11.3 Å². The van der Waals surface area contributed by atoms with Crippen LogP contribution in [0.5, 0.6) is 5.75 Å². The molecule has 0 bridgehead atoms. The fraction of sp³-hybridized carbons (Fsp3) is 0.409. The topological polar surface area (TPSA) is 93.2 Å². The van der Waals surface area contributed by atoms with Gasteiger partial charge in [-0.2, -0.15) is 0 Å². The molecular weight excluding hydrogens is 370 g/mol. The molecule has 1 aliphatic carbocycles. The van der Waals surface area contributed by atoms with Crippen molar-refractivity contribution >= 4 is 11.6 Å². The van der Waals surface area contributed by atoms with Gasteiger partial charge in [0.2, 0.25) is 0 Å². The summed E-state index contributed by atoms with van der Waals surface area (Å²) >= 11 is 0. The number of allylic oxidation sites excluding steroid dienone is 2. The highest BCUT2D eigenvalue weighted by atomic mass is 16.5. The summed E-state index contributed by atoms with van der Waals surface area (Å²) in [6.07, 6.45) is 2.70. The molecule has 0 spiro atoms. The number of aromatic amines is 1. The summed E-state index contributed by atoms with van der Waals surface area (Å²) in [5.74, 6) is 0.792. The largest absolute Gasteiger partial charge is 0.494 e. The molecule has 0 radical (unpaired) electrons. The number of benzene rings is 1. The average Bonchev–Trinajstić information content (AvgIpc) is 2.71. The number of aromatic nitrogens is 2. The van der Waals surface area contributed by atoms with Gasteiger partial charge in [0.15, 0.2) is 5.78 Å². The summed E-state index contributed by atoms with van der Waals surface area (Å²) in [7, 11) is 0. The molecule has 0 saturated carbocycles.